The molecule has 5 heterocycles. The Balaban J connectivity index is 0.000000369. The van der Waals surface area contributed by atoms with Crippen LogP contribution in [0, 0.1) is 71.5 Å². The Morgan fingerprint density at radius 2 is 1.05 bits per heavy atom. The maximum absolute atomic E-state index is 11.0. The van der Waals surface area contributed by atoms with Gasteiger partial charge >= 0.3 is 11.7 Å². The van der Waals surface area contributed by atoms with Crippen LogP contribution >= 0.6 is 15.9 Å². The Morgan fingerprint density at radius 3 is 1.44 bits per heavy atom. The minimum absolute atomic E-state index is 0.0493. The number of carbonyl (C=O) groups excluding carboxylic acids is 3. The number of nitrogens with two attached hydrogens (primary N) is 2. The molecule has 0 atom stereocenters. The summed E-state index contributed by atoms with van der Waals surface area (Å²) in [5.74, 6) is 0.0565. The first kappa shape index (κ1) is 48.9. The Morgan fingerprint density at radius 1 is 0.644 bits per heavy atom. The lowest BCUT2D eigenvalue weighted by Gasteiger charge is -2.01. The largest absolute Gasteiger partial charge is 0.464 e. The molecular weight excluding hydrogens is 846 g/mol. The normalized spacial score (nSPS) is 9.32. The molecule has 0 radical (unpaired) electrons. The van der Waals surface area contributed by atoms with Crippen LogP contribution in [0.5, 0.6) is 11.8 Å². The van der Waals surface area contributed by atoms with Crippen molar-refractivity contribution in [2.45, 2.75) is 34.6 Å². The molecule has 59 heavy (non-hydrogen) atoms. The van der Waals surface area contributed by atoms with Gasteiger partial charge in [-0.1, -0.05) is 6.57 Å². The van der Waals surface area contributed by atoms with E-state index in [9.17, 15) is 44.7 Å². The number of nitro groups is 3. The van der Waals surface area contributed by atoms with Crippen LogP contribution in [0.15, 0.2) is 65.3 Å². The number of ether oxygens (including phenoxy) is 3. The molecule has 5 rings (SSSR count). The summed E-state index contributed by atoms with van der Waals surface area (Å²) >= 11 is 3.11. The molecule has 0 aliphatic rings. The first-order valence-corrected chi connectivity index (χ1v) is 16.7. The number of nitrogens with zero attached hydrogens (tertiary/aromatic N) is 9. The molecule has 308 valence electrons. The molecule has 0 saturated carbocycles. The highest BCUT2D eigenvalue weighted by Crippen LogP contribution is 2.20. The molecular formula is C35H34BrN11O12. The predicted octanol–water partition coefficient (Wildman–Crippen LogP) is 6.01. The molecule has 0 aromatic carbocycles. The SMILES string of the molecule is COC(=O)c1ccc(N)c(C)n1.Cc1nc(Br)ccc1[N+](=O)[O-].Cc1nc(OC=O)ccc1N.Cc1nc(OC=O)ccc1[N+](=O)[O-].[C-]#[N+]c1ccc([N+](=O)[O-])c(C)n1. The number of hydrogen-bond acceptors (Lipinski definition) is 19. The molecule has 0 unspecified atom stereocenters. The van der Waals surface area contributed by atoms with Crippen molar-refractivity contribution in [1.82, 2.24) is 24.9 Å². The van der Waals surface area contributed by atoms with Gasteiger partial charge in [0.2, 0.25) is 17.5 Å². The van der Waals surface area contributed by atoms with Gasteiger partial charge in [-0.05, 0) is 74.0 Å². The monoisotopic (exact) mass is 879 g/mol. The van der Waals surface area contributed by atoms with E-state index in [1.807, 2.05) is 0 Å². The van der Waals surface area contributed by atoms with Gasteiger partial charge in [0.15, 0.2) is 0 Å². The zero-order chi connectivity index (χ0) is 44.8. The third-order valence-electron chi connectivity index (χ3n) is 6.76. The van der Waals surface area contributed by atoms with Gasteiger partial charge < -0.3 is 30.5 Å². The maximum Gasteiger partial charge on any atom is 0.356 e. The standard InChI is InChI=1S/C8H10N2O2.C7H5N3O2.C7H6N2O4.C7H8N2O2.C6H5BrN2O2/c1-5-6(9)3-4-7(10-5)8(11)12-2;1-5-6(10(11)12)3-4-7(8-2)9-5;1-5-6(9(11)12)2-3-7(8-5)13-4-10;1-5-6(8)2-3-7(9-5)11-4-10;1-4-5(9(10)11)2-3-6(7)8-4/h3-4H,9H2,1-2H3;3-4H,1H3;2-4H,1H3;2-4H,8H2,1H3;2-3H,1H3. The van der Waals surface area contributed by atoms with Crippen molar-refractivity contribution in [3.8, 4) is 11.8 Å². The third-order valence-corrected chi connectivity index (χ3v) is 7.21. The second-order valence-corrected chi connectivity index (χ2v) is 11.6. The summed E-state index contributed by atoms with van der Waals surface area (Å²) in [6.45, 7) is 15.2. The molecule has 23 nitrogen and oxygen atoms in total. The molecule has 4 N–H and O–H groups in total. The predicted molar refractivity (Wildman–Crippen MR) is 212 cm³/mol. The Kier molecular flexibility index (Phi) is 20.3. The molecule has 0 aliphatic heterocycles. The van der Waals surface area contributed by atoms with Crippen molar-refractivity contribution in [3.05, 3.63) is 141 Å². The van der Waals surface area contributed by atoms with Crippen molar-refractivity contribution in [2.75, 3.05) is 18.6 Å². The van der Waals surface area contributed by atoms with Gasteiger partial charge in [0.1, 0.15) is 21.7 Å². The maximum atomic E-state index is 11.0. The van der Waals surface area contributed by atoms with Gasteiger partial charge in [0.25, 0.3) is 30.1 Å². The first-order valence-electron chi connectivity index (χ1n) is 15.9. The summed E-state index contributed by atoms with van der Waals surface area (Å²) < 4.78 is 14.0. The van der Waals surface area contributed by atoms with Crippen molar-refractivity contribution >= 4 is 69.1 Å². The number of hydrogen-bond donors (Lipinski definition) is 2. The molecule has 5 aromatic rings. The molecule has 5 aromatic heterocycles. The highest BCUT2D eigenvalue weighted by molar-refractivity contribution is 9.10. The lowest BCUT2D eigenvalue weighted by atomic mass is 10.3. The van der Waals surface area contributed by atoms with Gasteiger partial charge in [-0.15, -0.1) is 4.98 Å². The first-order chi connectivity index (χ1) is 27.8. The molecule has 0 spiro atoms. The number of aromatic nitrogens is 5. The highest BCUT2D eigenvalue weighted by atomic mass is 79.9. The van der Waals surface area contributed by atoms with Crippen LogP contribution in [0.2, 0.25) is 0 Å². The number of anilines is 2. The van der Waals surface area contributed by atoms with Crippen LogP contribution < -0.4 is 20.9 Å². The zero-order valence-electron chi connectivity index (χ0n) is 31.9. The molecule has 24 heteroatoms. The molecule has 0 bridgehead atoms. The topological polar surface area (TPSA) is 329 Å². The van der Waals surface area contributed by atoms with E-state index in [2.05, 4.69) is 59.9 Å². The number of esters is 1. The van der Waals surface area contributed by atoms with E-state index in [1.165, 1.54) is 63.4 Å². The fraction of sp³-hybridized carbons (Fsp3) is 0.171. The van der Waals surface area contributed by atoms with E-state index in [1.54, 1.807) is 39.0 Å². The van der Waals surface area contributed by atoms with Crippen molar-refractivity contribution < 1.29 is 43.4 Å². The van der Waals surface area contributed by atoms with Crippen LogP contribution in [-0.2, 0) is 14.3 Å². The summed E-state index contributed by atoms with van der Waals surface area (Å²) in [5.41, 5.74) is 14.5. The van der Waals surface area contributed by atoms with Crippen molar-refractivity contribution in [1.29, 1.82) is 0 Å². The van der Waals surface area contributed by atoms with Gasteiger partial charge in [-0.2, -0.15) is 0 Å². The van der Waals surface area contributed by atoms with Crippen LogP contribution in [-0.4, -0.2) is 65.7 Å². The number of aryl methyl sites for hydroxylation is 5. The summed E-state index contributed by atoms with van der Waals surface area (Å²) in [6.07, 6.45) is 0. The lowest BCUT2D eigenvalue weighted by molar-refractivity contribution is -0.385. The van der Waals surface area contributed by atoms with Gasteiger partial charge in [-0.3, -0.25) is 39.9 Å². The van der Waals surface area contributed by atoms with Gasteiger partial charge in [0.05, 0.1) is 44.6 Å². The summed E-state index contributed by atoms with van der Waals surface area (Å²) in [4.78, 5) is 82.3. The third kappa shape index (κ3) is 16.7. The van der Waals surface area contributed by atoms with E-state index < -0.39 is 20.7 Å². The Labute approximate surface area is 342 Å². The highest BCUT2D eigenvalue weighted by Gasteiger charge is 2.15. The number of pyridine rings is 5. The fourth-order valence-corrected chi connectivity index (χ4v) is 4.20. The number of nitrogen functional groups attached to an aromatic ring is 2. The van der Waals surface area contributed by atoms with Gasteiger partial charge in [-0.25, -0.2) is 24.7 Å². The quantitative estimate of drug-likeness (QED) is 0.0450. The summed E-state index contributed by atoms with van der Waals surface area (Å²) in [7, 11) is 1.32. The van der Waals surface area contributed by atoms with E-state index in [0.717, 1.165) is 0 Å². The fourth-order valence-electron chi connectivity index (χ4n) is 3.80. The molecule has 0 fully saturated rings. The number of carbonyl (C=O) groups is 3. The summed E-state index contributed by atoms with van der Waals surface area (Å²) in [5, 5.41) is 30.9. The summed E-state index contributed by atoms with van der Waals surface area (Å²) in [6, 6.07) is 14.4. The van der Waals surface area contributed by atoms with Crippen LogP contribution in [0.25, 0.3) is 4.85 Å². The second kappa shape index (κ2) is 24.4. The Hall–Kier alpha value is -8.07. The van der Waals surface area contributed by atoms with E-state index in [0.29, 0.717) is 39.5 Å². The molecule has 0 saturated heterocycles. The van der Waals surface area contributed by atoms with E-state index in [4.69, 9.17) is 18.0 Å². The minimum Gasteiger partial charge on any atom is -0.464 e. The van der Waals surface area contributed by atoms with Crippen LogP contribution in [0.4, 0.5) is 34.3 Å². The average molecular weight is 881 g/mol. The average Bonchev–Trinajstić information content (AvgIpc) is 3.18. The number of methoxy groups -OCH3 is 1. The van der Waals surface area contributed by atoms with E-state index >= 15 is 0 Å². The van der Waals surface area contributed by atoms with Crippen LogP contribution in [0.3, 0.4) is 0 Å². The second-order valence-electron chi connectivity index (χ2n) is 10.8. The minimum atomic E-state index is -0.549. The molecule has 0 aliphatic carbocycles. The van der Waals surface area contributed by atoms with Crippen LogP contribution in [0.1, 0.15) is 39.0 Å². The number of halogens is 1. The van der Waals surface area contributed by atoms with E-state index in [-0.39, 0.29) is 58.2 Å². The Bertz CT molecular complexity index is 2360. The van der Waals surface area contributed by atoms with Crippen molar-refractivity contribution in [2.24, 2.45) is 0 Å². The number of rotatable bonds is 8. The van der Waals surface area contributed by atoms with Gasteiger partial charge in [0, 0.05) is 37.3 Å². The lowest BCUT2D eigenvalue weighted by Crippen LogP contribution is -2.06. The smallest absolute Gasteiger partial charge is 0.356 e. The zero-order valence-corrected chi connectivity index (χ0v) is 33.5. The van der Waals surface area contributed by atoms with Crippen molar-refractivity contribution in [3.63, 3.8) is 0 Å². The molecule has 0 amide bonds.